The topological polar surface area (TPSA) is 101 Å². The van der Waals surface area contributed by atoms with Gasteiger partial charge in [0, 0.05) is 6.04 Å². The lowest BCUT2D eigenvalue weighted by Gasteiger charge is -2.11. The second-order valence-electron chi connectivity index (χ2n) is 2.92. The average molecular weight is 197 g/mol. The van der Waals surface area contributed by atoms with E-state index in [2.05, 4.69) is 0 Å². The first-order valence-corrected chi connectivity index (χ1v) is 5.31. The molecule has 0 saturated heterocycles. The van der Waals surface area contributed by atoms with Crippen molar-refractivity contribution in [3.8, 4) is 0 Å². The van der Waals surface area contributed by atoms with Crippen LogP contribution in [0.4, 0.5) is 0 Å². The van der Waals surface area contributed by atoms with Gasteiger partial charge in [0.1, 0.15) is 0 Å². The largest absolute Gasteiger partial charge is 0.393 e. The number of nitrogens with two attached hydrogens (primary N) is 1. The number of hydrogen-bond donors (Lipinski definition) is 3. The van der Waals surface area contributed by atoms with Gasteiger partial charge in [0.2, 0.25) is 0 Å². The van der Waals surface area contributed by atoms with Gasteiger partial charge in [0.25, 0.3) is 10.1 Å². The molecular formula is C6H15NO4S. The molecule has 0 aromatic carbocycles. The highest BCUT2D eigenvalue weighted by Crippen LogP contribution is 2.01. The Morgan fingerprint density at radius 2 is 2.00 bits per heavy atom. The summed E-state index contributed by atoms with van der Waals surface area (Å²) >= 11 is 0. The Balaban J connectivity index is 3.65. The molecule has 2 atom stereocenters. The van der Waals surface area contributed by atoms with E-state index >= 15 is 0 Å². The van der Waals surface area contributed by atoms with Crippen LogP contribution >= 0.6 is 0 Å². The van der Waals surface area contributed by atoms with Gasteiger partial charge in [0.15, 0.2) is 0 Å². The minimum Gasteiger partial charge on any atom is -0.393 e. The first-order chi connectivity index (χ1) is 5.31. The molecule has 5 nitrogen and oxygen atoms in total. The maximum Gasteiger partial charge on any atom is 0.264 e. The molecule has 0 fully saturated rings. The van der Waals surface area contributed by atoms with E-state index < -0.39 is 16.2 Å². The number of aliphatic hydroxyl groups excluding tert-OH is 1. The number of hydrogen-bond acceptors (Lipinski definition) is 4. The molecule has 0 rings (SSSR count). The van der Waals surface area contributed by atoms with Crippen molar-refractivity contribution in [1.29, 1.82) is 0 Å². The third-order valence-corrected chi connectivity index (χ3v) is 2.14. The highest BCUT2D eigenvalue weighted by molar-refractivity contribution is 7.85. The van der Waals surface area contributed by atoms with E-state index in [4.69, 9.17) is 15.4 Å². The molecule has 0 radical (unpaired) electrons. The molecule has 0 aromatic rings. The summed E-state index contributed by atoms with van der Waals surface area (Å²) < 4.78 is 28.9. The van der Waals surface area contributed by atoms with Gasteiger partial charge in [-0.3, -0.25) is 4.55 Å². The zero-order chi connectivity index (χ0) is 9.78. The van der Waals surface area contributed by atoms with Gasteiger partial charge in [-0.25, -0.2) is 0 Å². The van der Waals surface area contributed by atoms with E-state index in [-0.39, 0.29) is 18.2 Å². The van der Waals surface area contributed by atoms with E-state index in [0.29, 0.717) is 6.42 Å². The summed E-state index contributed by atoms with van der Waals surface area (Å²) in [5, 5.41) is 8.86. The van der Waals surface area contributed by atoms with Crippen molar-refractivity contribution in [2.75, 3.05) is 5.75 Å². The van der Waals surface area contributed by atoms with Crippen molar-refractivity contribution < 1.29 is 18.1 Å². The molecule has 0 aromatic heterocycles. The molecule has 12 heavy (non-hydrogen) atoms. The first-order valence-electron chi connectivity index (χ1n) is 3.70. The van der Waals surface area contributed by atoms with Crippen LogP contribution in [0, 0.1) is 0 Å². The summed E-state index contributed by atoms with van der Waals surface area (Å²) in [7, 11) is -3.92. The Hall–Kier alpha value is -0.170. The molecule has 4 N–H and O–H groups in total. The Morgan fingerprint density at radius 3 is 2.33 bits per heavy atom. The number of rotatable bonds is 5. The van der Waals surface area contributed by atoms with Gasteiger partial charge < -0.3 is 10.8 Å². The zero-order valence-electron chi connectivity index (χ0n) is 6.97. The highest BCUT2D eigenvalue weighted by Gasteiger charge is 2.11. The van der Waals surface area contributed by atoms with Crippen molar-refractivity contribution in [2.45, 2.75) is 31.9 Å². The van der Waals surface area contributed by atoms with E-state index in [0.717, 1.165) is 0 Å². The van der Waals surface area contributed by atoms with Crippen molar-refractivity contribution >= 4 is 10.1 Å². The fourth-order valence-corrected chi connectivity index (χ4v) is 1.46. The van der Waals surface area contributed by atoms with Crippen LogP contribution in [0.5, 0.6) is 0 Å². The van der Waals surface area contributed by atoms with Gasteiger partial charge in [-0.2, -0.15) is 8.42 Å². The first kappa shape index (κ1) is 11.8. The van der Waals surface area contributed by atoms with Gasteiger partial charge in [0.05, 0.1) is 11.9 Å². The van der Waals surface area contributed by atoms with Crippen LogP contribution in [0.25, 0.3) is 0 Å². The summed E-state index contributed by atoms with van der Waals surface area (Å²) in [5.74, 6) is -0.346. The van der Waals surface area contributed by atoms with Gasteiger partial charge in [-0.05, 0) is 19.8 Å². The van der Waals surface area contributed by atoms with Gasteiger partial charge in [-0.15, -0.1) is 0 Å². The summed E-state index contributed by atoms with van der Waals surface area (Å²) in [6.07, 6.45) is -0.0272. The Labute approximate surface area is 72.3 Å². The molecule has 0 spiro atoms. The predicted octanol–water partition coefficient (Wildman–Crippen LogP) is -0.637. The molecule has 0 saturated carbocycles. The Kier molecular flexibility index (Phi) is 4.69. The predicted molar refractivity (Wildman–Crippen MR) is 45.3 cm³/mol. The van der Waals surface area contributed by atoms with Crippen LogP contribution in [0.15, 0.2) is 0 Å². The molecule has 6 heteroatoms. The molecule has 0 amide bonds. The summed E-state index contributed by atoms with van der Waals surface area (Å²) in [5.41, 5.74) is 5.45. The van der Waals surface area contributed by atoms with Crippen LogP contribution in [0.1, 0.15) is 19.8 Å². The lowest BCUT2D eigenvalue weighted by atomic mass is 10.1. The molecule has 0 aliphatic heterocycles. The smallest absolute Gasteiger partial charge is 0.264 e. The van der Waals surface area contributed by atoms with Crippen LogP contribution in [0.2, 0.25) is 0 Å². The highest BCUT2D eigenvalue weighted by atomic mass is 32.2. The maximum atomic E-state index is 10.3. The van der Waals surface area contributed by atoms with Crippen LogP contribution < -0.4 is 5.73 Å². The zero-order valence-corrected chi connectivity index (χ0v) is 7.79. The normalized spacial score (nSPS) is 17.3. The molecular weight excluding hydrogens is 182 g/mol. The average Bonchev–Trinajstić information content (AvgIpc) is 1.80. The molecule has 0 heterocycles. The van der Waals surface area contributed by atoms with Crippen molar-refractivity contribution in [3.63, 3.8) is 0 Å². The quantitative estimate of drug-likeness (QED) is 0.509. The molecule has 0 aliphatic carbocycles. The minimum atomic E-state index is -3.92. The molecule has 74 valence electrons. The van der Waals surface area contributed by atoms with Crippen LogP contribution in [0.3, 0.4) is 0 Å². The minimum absolute atomic E-state index is 0.170. The maximum absolute atomic E-state index is 10.3. The molecule has 0 bridgehead atoms. The molecule has 0 aliphatic rings. The second kappa shape index (κ2) is 4.76. The molecule has 1 unspecified atom stereocenters. The van der Waals surface area contributed by atoms with E-state index in [1.54, 1.807) is 6.92 Å². The SMILES string of the molecule is C[C@H](O)CC(N)CCS(=O)(=O)O. The monoisotopic (exact) mass is 197 g/mol. The van der Waals surface area contributed by atoms with E-state index in [1.807, 2.05) is 0 Å². The van der Waals surface area contributed by atoms with Crippen LogP contribution in [-0.2, 0) is 10.1 Å². The van der Waals surface area contributed by atoms with Crippen molar-refractivity contribution in [2.24, 2.45) is 5.73 Å². The third-order valence-electron chi connectivity index (χ3n) is 1.39. The summed E-state index contributed by atoms with van der Waals surface area (Å²) in [6, 6.07) is -0.382. The number of aliphatic hydroxyl groups is 1. The lowest BCUT2D eigenvalue weighted by molar-refractivity contribution is 0.174. The Morgan fingerprint density at radius 1 is 1.50 bits per heavy atom. The lowest BCUT2D eigenvalue weighted by Crippen LogP contribution is -2.27. The van der Waals surface area contributed by atoms with Gasteiger partial charge in [-0.1, -0.05) is 0 Å². The second-order valence-corrected chi connectivity index (χ2v) is 4.49. The summed E-state index contributed by atoms with van der Waals surface area (Å²) in [6.45, 7) is 1.58. The van der Waals surface area contributed by atoms with Crippen molar-refractivity contribution in [3.05, 3.63) is 0 Å². The fourth-order valence-electron chi connectivity index (χ4n) is 0.856. The third kappa shape index (κ3) is 7.93. The summed E-state index contributed by atoms with van der Waals surface area (Å²) in [4.78, 5) is 0. The van der Waals surface area contributed by atoms with E-state index in [9.17, 15) is 8.42 Å². The van der Waals surface area contributed by atoms with Crippen LogP contribution in [-0.4, -0.2) is 36.0 Å². The van der Waals surface area contributed by atoms with E-state index in [1.165, 1.54) is 0 Å². The standard InChI is InChI=1S/C6H15NO4S/c1-5(8)4-6(7)2-3-12(9,10)11/h5-6,8H,2-4,7H2,1H3,(H,9,10,11)/t5-,6?/m0/s1. The van der Waals surface area contributed by atoms with Gasteiger partial charge >= 0.3 is 0 Å². The van der Waals surface area contributed by atoms with Crippen molar-refractivity contribution in [1.82, 2.24) is 0 Å². The Bertz CT molecular complexity index is 212. The fraction of sp³-hybridized carbons (Fsp3) is 1.00.